The zero-order valence-electron chi connectivity index (χ0n) is 15.1. The molecule has 2 aromatic rings. The van der Waals surface area contributed by atoms with Gasteiger partial charge in [-0.15, -0.1) is 0 Å². The number of carbonyl (C=O) groups is 1. The van der Waals surface area contributed by atoms with Crippen molar-refractivity contribution in [3.8, 4) is 0 Å². The molecule has 1 N–H and O–H groups in total. The largest absolute Gasteiger partial charge is 0.306 e. The molecule has 2 heterocycles. The Kier molecular flexibility index (Phi) is 4.25. The van der Waals surface area contributed by atoms with Gasteiger partial charge in [-0.25, -0.2) is 13.8 Å². The molecule has 2 aliphatic heterocycles. The van der Waals surface area contributed by atoms with Gasteiger partial charge in [0.05, 0.1) is 6.04 Å². The number of fused-ring (bicyclic) bond motifs is 2. The van der Waals surface area contributed by atoms with E-state index in [1.165, 1.54) is 22.3 Å². The van der Waals surface area contributed by atoms with E-state index in [1.807, 2.05) is 18.2 Å². The lowest BCUT2D eigenvalue weighted by molar-refractivity contribution is -0.136. The predicted octanol–water partition coefficient (Wildman–Crippen LogP) is 3.75. The molecule has 0 bridgehead atoms. The van der Waals surface area contributed by atoms with Crippen LogP contribution in [0.3, 0.4) is 0 Å². The van der Waals surface area contributed by atoms with E-state index in [9.17, 15) is 13.6 Å². The van der Waals surface area contributed by atoms with Gasteiger partial charge in [-0.05, 0) is 61.6 Å². The number of hydrazone groups is 1. The second-order valence-electron chi connectivity index (χ2n) is 7.37. The third-order valence-corrected chi connectivity index (χ3v) is 7.13. The van der Waals surface area contributed by atoms with Gasteiger partial charge in [-0.2, -0.15) is 5.10 Å². The molecule has 7 heteroatoms. The molecule has 1 fully saturated rings. The third-order valence-electron chi connectivity index (χ3n) is 5.70. The molecular weight excluding hydrogens is 380 g/mol. The predicted molar refractivity (Wildman–Crippen MR) is 105 cm³/mol. The van der Waals surface area contributed by atoms with Gasteiger partial charge >= 0.3 is 0 Å². The Morgan fingerprint density at radius 3 is 2.93 bits per heavy atom. The van der Waals surface area contributed by atoms with Gasteiger partial charge in [0.1, 0.15) is 21.5 Å². The number of hydrogen-bond donors (Lipinski definition) is 1. The molecule has 28 heavy (non-hydrogen) atoms. The summed E-state index contributed by atoms with van der Waals surface area (Å²) < 4.78 is 28.2. The maximum absolute atomic E-state index is 14.4. The standard InChI is InChI=1S/C21H19F2N3OS/c22-14-7-8-17(23)15(12-14)19-25-26(20(27)18-6-3-11-24-18)21(28-19)10-9-13-4-1-2-5-16(13)21/h1-2,4-5,7-8,12,18,24H,3,6,9-11H2/t18-,21?/m0/s1. The summed E-state index contributed by atoms with van der Waals surface area (Å²) in [5.74, 6) is -1.17. The second-order valence-corrected chi connectivity index (χ2v) is 8.64. The highest BCUT2D eigenvalue weighted by Crippen LogP contribution is 2.55. The number of nitrogens with zero attached hydrogens (tertiary/aromatic N) is 2. The monoisotopic (exact) mass is 399 g/mol. The van der Waals surface area contributed by atoms with Gasteiger partial charge in [0.2, 0.25) is 0 Å². The summed E-state index contributed by atoms with van der Waals surface area (Å²) >= 11 is 1.36. The van der Waals surface area contributed by atoms with Crippen LogP contribution < -0.4 is 5.32 Å². The molecule has 1 saturated heterocycles. The molecule has 1 spiro atoms. The molecule has 2 aromatic carbocycles. The Hall–Kier alpha value is -2.25. The number of thioether (sulfide) groups is 1. The van der Waals surface area contributed by atoms with Crippen LogP contribution in [0.4, 0.5) is 8.78 Å². The fraction of sp³-hybridized carbons (Fsp3) is 0.333. The molecule has 5 rings (SSSR count). The van der Waals surface area contributed by atoms with Gasteiger partial charge in [0.25, 0.3) is 5.91 Å². The van der Waals surface area contributed by atoms with Gasteiger partial charge in [-0.3, -0.25) is 4.79 Å². The minimum atomic E-state index is -0.702. The molecule has 0 aromatic heterocycles. The van der Waals surface area contributed by atoms with Gasteiger partial charge in [0.15, 0.2) is 0 Å². The second kappa shape index (κ2) is 6.67. The fourth-order valence-electron chi connectivity index (χ4n) is 4.32. The molecule has 1 aliphatic carbocycles. The number of nitrogens with one attached hydrogen (secondary N) is 1. The maximum Gasteiger partial charge on any atom is 0.261 e. The molecular formula is C21H19F2N3OS. The summed E-state index contributed by atoms with van der Waals surface area (Å²) in [4.78, 5) is 12.6. The number of aryl methyl sites for hydroxylation is 1. The molecule has 2 atom stereocenters. The molecule has 4 nitrogen and oxygen atoms in total. The van der Waals surface area contributed by atoms with E-state index in [4.69, 9.17) is 0 Å². The van der Waals surface area contributed by atoms with Crippen molar-refractivity contribution in [2.24, 2.45) is 5.10 Å². The van der Waals surface area contributed by atoms with Crippen LogP contribution in [0.15, 0.2) is 47.6 Å². The van der Waals surface area contributed by atoms with Crippen molar-refractivity contribution in [1.82, 2.24) is 10.3 Å². The van der Waals surface area contributed by atoms with Gasteiger partial charge in [0, 0.05) is 5.56 Å². The number of benzene rings is 2. The highest BCUT2D eigenvalue weighted by Gasteiger charge is 2.53. The number of rotatable bonds is 2. The summed E-state index contributed by atoms with van der Waals surface area (Å²) in [6, 6.07) is 11.1. The molecule has 1 unspecified atom stereocenters. The molecule has 0 saturated carbocycles. The Balaban J connectivity index is 1.61. The van der Waals surface area contributed by atoms with Crippen LogP contribution in [0.1, 0.15) is 36.0 Å². The Morgan fingerprint density at radius 1 is 1.25 bits per heavy atom. The zero-order chi connectivity index (χ0) is 19.3. The Bertz CT molecular complexity index is 989. The van der Waals surface area contributed by atoms with Crippen molar-refractivity contribution in [2.75, 3.05) is 6.54 Å². The van der Waals surface area contributed by atoms with Crippen molar-refractivity contribution in [3.63, 3.8) is 0 Å². The first-order valence-electron chi connectivity index (χ1n) is 9.47. The van der Waals surface area contributed by atoms with Crippen molar-refractivity contribution >= 4 is 22.7 Å². The van der Waals surface area contributed by atoms with E-state index in [2.05, 4.69) is 16.5 Å². The summed E-state index contributed by atoms with van der Waals surface area (Å²) in [7, 11) is 0. The first kappa shape index (κ1) is 17.8. The third kappa shape index (κ3) is 2.68. The van der Waals surface area contributed by atoms with E-state index in [0.29, 0.717) is 11.5 Å². The van der Waals surface area contributed by atoms with E-state index in [-0.39, 0.29) is 17.5 Å². The number of halogens is 2. The fourth-order valence-corrected chi connectivity index (χ4v) is 5.76. The van der Waals surface area contributed by atoms with Gasteiger partial charge in [-0.1, -0.05) is 36.0 Å². The molecule has 1 amide bonds. The summed E-state index contributed by atoms with van der Waals surface area (Å²) in [5.41, 5.74) is 2.30. The van der Waals surface area contributed by atoms with Crippen molar-refractivity contribution < 1.29 is 13.6 Å². The first-order valence-corrected chi connectivity index (χ1v) is 10.3. The summed E-state index contributed by atoms with van der Waals surface area (Å²) in [6.45, 7) is 0.802. The SMILES string of the molecule is O=C([C@@H]1CCCN1)N1N=C(c2cc(F)ccc2F)SC12CCc1ccccc12. The number of carbonyl (C=O) groups excluding carboxylic acids is 1. The average Bonchev–Trinajstić information content (AvgIpc) is 3.44. The van der Waals surface area contributed by atoms with Crippen LogP contribution in [0.5, 0.6) is 0 Å². The van der Waals surface area contributed by atoms with E-state index < -0.39 is 16.5 Å². The van der Waals surface area contributed by atoms with Crippen molar-refractivity contribution in [2.45, 2.75) is 36.6 Å². The minimum Gasteiger partial charge on any atom is -0.306 e. The lowest BCUT2D eigenvalue weighted by Gasteiger charge is -2.33. The Morgan fingerprint density at radius 2 is 2.11 bits per heavy atom. The van der Waals surface area contributed by atoms with Crippen LogP contribution in [0.2, 0.25) is 0 Å². The highest BCUT2D eigenvalue weighted by molar-refractivity contribution is 8.15. The zero-order valence-corrected chi connectivity index (χ0v) is 15.9. The smallest absolute Gasteiger partial charge is 0.261 e. The summed E-state index contributed by atoms with van der Waals surface area (Å²) in [6.07, 6.45) is 3.21. The first-order chi connectivity index (χ1) is 13.6. The quantitative estimate of drug-likeness (QED) is 0.837. The number of hydrogen-bond acceptors (Lipinski definition) is 4. The Labute approximate surface area is 166 Å². The van der Waals surface area contributed by atoms with Crippen LogP contribution in [0.25, 0.3) is 0 Å². The van der Waals surface area contributed by atoms with E-state index in [1.54, 1.807) is 0 Å². The van der Waals surface area contributed by atoms with Crippen LogP contribution in [0, 0.1) is 11.6 Å². The van der Waals surface area contributed by atoms with Crippen molar-refractivity contribution in [1.29, 1.82) is 0 Å². The lowest BCUT2D eigenvalue weighted by atomic mass is 10.1. The van der Waals surface area contributed by atoms with E-state index >= 15 is 0 Å². The van der Waals surface area contributed by atoms with Crippen LogP contribution >= 0.6 is 11.8 Å². The van der Waals surface area contributed by atoms with Crippen LogP contribution in [-0.2, 0) is 16.1 Å². The summed E-state index contributed by atoms with van der Waals surface area (Å²) in [5, 5.41) is 9.67. The van der Waals surface area contributed by atoms with E-state index in [0.717, 1.165) is 49.6 Å². The minimum absolute atomic E-state index is 0.100. The maximum atomic E-state index is 14.4. The normalized spacial score (nSPS) is 26.0. The van der Waals surface area contributed by atoms with Crippen LogP contribution in [-0.4, -0.2) is 28.5 Å². The topological polar surface area (TPSA) is 44.7 Å². The molecule has 3 aliphatic rings. The van der Waals surface area contributed by atoms with Gasteiger partial charge < -0.3 is 5.32 Å². The molecule has 0 radical (unpaired) electrons. The molecule has 144 valence electrons. The lowest BCUT2D eigenvalue weighted by Crippen LogP contribution is -2.47. The highest BCUT2D eigenvalue weighted by atomic mass is 32.2. The number of amides is 1. The average molecular weight is 399 g/mol. The van der Waals surface area contributed by atoms with Crippen molar-refractivity contribution in [3.05, 3.63) is 70.8 Å².